The summed E-state index contributed by atoms with van der Waals surface area (Å²) in [5.41, 5.74) is -0.957. The number of alkyl halides is 3. The molecule has 0 bridgehead atoms. The van der Waals surface area contributed by atoms with Crippen molar-refractivity contribution in [2.45, 2.75) is 50.9 Å². The number of guanidine groups is 1. The van der Waals surface area contributed by atoms with E-state index in [4.69, 9.17) is 0 Å². The summed E-state index contributed by atoms with van der Waals surface area (Å²) >= 11 is 0. The Balaban J connectivity index is 0.00000300. The molecule has 0 aromatic carbocycles. The molecule has 11 heteroatoms. The van der Waals surface area contributed by atoms with Gasteiger partial charge in [0, 0.05) is 44.5 Å². The molecule has 3 rings (SSSR count). The lowest BCUT2D eigenvalue weighted by Gasteiger charge is -2.33. The second kappa shape index (κ2) is 11.1. The van der Waals surface area contributed by atoms with E-state index in [1.54, 1.807) is 0 Å². The van der Waals surface area contributed by atoms with E-state index in [1.165, 1.54) is 12.8 Å². The Kier molecular flexibility index (Phi) is 9.18. The van der Waals surface area contributed by atoms with Crippen LogP contribution in [0, 0.1) is 0 Å². The highest BCUT2D eigenvalue weighted by atomic mass is 127. The average molecular weight is 527 g/mol. The van der Waals surface area contributed by atoms with Gasteiger partial charge in [0.05, 0.1) is 6.54 Å². The molecule has 0 spiro atoms. The second-order valence-electron chi connectivity index (χ2n) is 7.14. The number of hydrogen-bond acceptors (Lipinski definition) is 5. The van der Waals surface area contributed by atoms with Crippen LogP contribution in [0.2, 0.25) is 0 Å². The first-order valence-corrected chi connectivity index (χ1v) is 9.88. The first-order chi connectivity index (χ1) is 13.5. The van der Waals surface area contributed by atoms with Crippen LogP contribution >= 0.6 is 24.0 Å². The zero-order valence-electron chi connectivity index (χ0n) is 16.5. The monoisotopic (exact) mass is 527 g/mol. The van der Waals surface area contributed by atoms with E-state index < -0.39 is 11.9 Å². The third-order valence-corrected chi connectivity index (χ3v) is 4.89. The van der Waals surface area contributed by atoms with Crippen molar-refractivity contribution in [1.29, 1.82) is 0 Å². The Morgan fingerprint density at radius 3 is 2.59 bits per heavy atom. The van der Waals surface area contributed by atoms with E-state index in [0.717, 1.165) is 56.7 Å². The molecule has 1 aromatic rings. The minimum Gasteiger partial charge on any atom is -0.357 e. The van der Waals surface area contributed by atoms with Gasteiger partial charge in [0.15, 0.2) is 5.96 Å². The molecule has 1 aromatic heterocycles. The molecule has 164 valence electrons. The lowest BCUT2D eigenvalue weighted by atomic mass is 10.1. The number of rotatable bonds is 7. The third-order valence-electron chi connectivity index (χ3n) is 4.89. The molecule has 2 fully saturated rings. The van der Waals surface area contributed by atoms with Gasteiger partial charge in [-0.3, -0.25) is 4.99 Å². The molecule has 0 radical (unpaired) electrons. The van der Waals surface area contributed by atoms with E-state index >= 15 is 0 Å². The first-order valence-electron chi connectivity index (χ1n) is 9.88. The van der Waals surface area contributed by atoms with Crippen LogP contribution in [0.15, 0.2) is 17.3 Å². The van der Waals surface area contributed by atoms with Crippen molar-refractivity contribution in [3.63, 3.8) is 0 Å². The summed E-state index contributed by atoms with van der Waals surface area (Å²) in [6.45, 7) is 5.73. The summed E-state index contributed by atoms with van der Waals surface area (Å²) in [6.07, 6.45) is 1.49. The number of likely N-dealkylation sites (tertiary alicyclic amines) is 1. The van der Waals surface area contributed by atoms with E-state index in [0.29, 0.717) is 19.1 Å². The molecule has 2 heterocycles. The van der Waals surface area contributed by atoms with Gasteiger partial charge in [-0.25, -0.2) is 9.97 Å². The standard InChI is InChI=1S/C18H28F3N7.HI/c1-2-22-16(26-13-6-11-28(12-7-13)14-3-4-14)24-9-10-25-17-23-8-5-15(27-17)18(19,20)21;/h5,8,13-14H,2-4,6-7,9-12H2,1H3,(H2,22,24,26)(H,23,25,27);1H. The van der Waals surface area contributed by atoms with Crippen molar-refractivity contribution in [3.05, 3.63) is 18.0 Å². The van der Waals surface area contributed by atoms with Crippen molar-refractivity contribution in [1.82, 2.24) is 25.5 Å². The van der Waals surface area contributed by atoms with Crippen LogP contribution in [0.3, 0.4) is 0 Å². The SMILES string of the molecule is CCNC(=NCCNc1nccc(C(F)(F)F)n1)NC1CCN(C2CC2)CC1.I. The molecule has 1 aliphatic heterocycles. The predicted molar refractivity (Wildman–Crippen MR) is 118 cm³/mol. The van der Waals surface area contributed by atoms with Gasteiger partial charge in [0.25, 0.3) is 0 Å². The summed E-state index contributed by atoms with van der Waals surface area (Å²) in [5, 5.41) is 9.48. The summed E-state index contributed by atoms with van der Waals surface area (Å²) in [7, 11) is 0. The van der Waals surface area contributed by atoms with Gasteiger partial charge in [0.1, 0.15) is 5.69 Å². The largest absolute Gasteiger partial charge is 0.433 e. The number of nitrogens with one attached hydrogen (secondary N) is 3. The predicted octanol–water partition coefficient (Wildman–Crippen LogP) is 2.71. The van der Waals surface area contributed by atoms with Crippen LogP contribution in [0.4, 0.5) is 19.1 Å². The minimum atomic E-state index is -4.48. The fourth-order valence-corrected chi connectivity index (χ4v) is 3.30. The van der Waals surface area contributed by atoms with Crippen LogP contribution in [-0.4, -0.2) is 65.6 Å². The minimum absolute atomic E-state index is 0. The number of hydrogen-bond donors (Lipinski definition) is 3. The number of nitrogens with zero attached hydrogens (tertiary/aromatic N) is 4. The van der Waals surface area contributed by atoms with Gasteiger partial charge in [-0.05, 0) is 38.7 Å². The van der Waals surface area contributed by atoms with Crippen LogP contribution in [0.1, 0.15) is 38.3 Å². The molecule has 0 amide bonds. The number of aliphatic imine (C=N–C) groups is 1. The summed E-state index contributed by atoms with van der Waals surface area (Å²) < 4.78 is 38.0. The van der Waals surface area contributed by atoms with Gasteiger partial charge < -0.3 is 20.9 Å². The Hall–Kier alpha value is -1.37. The molecular weight excluding hydrogens is 498 g/mol. The zero-order valence-corrected chi connectivity index (χ0v) is 18.8. The molecule has 0 unspecified atom stereocenters. The molecule has 1 saturated carbocycles. The molecule has 0 atom stereocenters. The number of halogens is 4. The summed E-state index contributed by atoms with van der Waals surface area (Å²) in [4.78, 5) is 14.4. The Morgan fingerprint density at radius 2 is 1.97 bits per heavy atom. The fraction of sp³-hybridized carbons (Fsp3) is 0.722. The highest BCUT2D eigenvalue weighted by Gasteiger charge is 2.33. The van der Waals surface area contributed by atoms with Gasteiger partial charge in [-0.1, -0.05) is 0 Å². The average Bonchev–Trinajstić information content (AvgIpc) is 3.51. The van der Waals surface area contributed by atoms with E-state index in [9.17, 15) is 13.2 Å². The highest BCUT2D eigenvalue weighted by molar-refractivity contribution is 14.0. The molecule has 3 N–H and O–H groups in total. The Morgan fingerprint density at radius 1 is 1.24 bits per heavy atom. The molecule has 7 nitrogen and oxygen atoms in total. The van der Waals surface area contributed by atoms with Crippen molar-refractivity contribution in [2.24, 2.45) is 4.99 Å². The van der Waals surface area contributed by atoms with Gasteiger partial charge in [-0.15, -0.1) is 24.0 Å². The normalized spacial score (nSPS) is 18.8. The quantitative estimate of drug-likeness (QED) is 0.219. The zero-order chi connectivity index (χ0) is 20.0. The van der Waals surface area contributed by atoms with Crippen LogP contribution in [0.5, 0.6) is 0 Å². The maximum atomic E-state index is 12.7. The second-order valence-corrected chi connectivity index (χ2v) is 7.14. The van der Waals surface area contributed by atoms with E-state index in [1.807, 2.05) is 6.92 Å². The maximum Gasteiger partial charge on any atom is 0.433 e. The van der Waals surface area contributed by atoms with Crippen molar-refractivity contribution in [2.75, 3.05) is 38.0 Å². The van der Waals surface area contributed by atoms with Gasteiger partial charge in [-0.2, -0.15) is 13.2 Å². The Bertz CT molecular complexity index is 659. The molecule has 2 aliphatic rings. The third kappa shape index (κ3) is 7.76. The molecular formula is C18H29F3IN7. The number of aromatic nitrogens is 2. The fourth-order valence-electron chi connectivity index (χ4n) is 3.30. The highest BCUT2D eigenvalue weighted by Crippen LogP contribution is 2.29. The molecule has 1 aliphatic carbocycles. The topological polar surface area (TPSA) is 77.5 Å². The smallest absolute Gasteiger partial charge is 0.357 e. The van der Waals surface area contributed by atoms with Gasteiger partial charge in [0.2, 0.25) is 5.95 Å². The van der Waals surface area contributed by atoms with Crippen molar-refractivity contribution < 1.29 is 13.2 Å². The van der Waals surface area contributed by atoms with Crippen LogP contribution in [0.25, 0.3) is 0 Å². The number of anilines is 1. The van der Waals surface area contributed by atoms with E-state index in [2.05, 4.69) is 35.8 Å². The Labute approximate surface area is 186 Å². The van der Waals surface area contributed by atoms with E-state index in [-0.39, 0.29) is 29.9 Å². The number of piperidine rings is 1. The van der Waals surface area contributed by atoms with Crippen LogP contribution < -0.4 is 16.0 Å². The van der Waals surface area contributed by atoms with Crippen molar-refractivity contribution in [3.8, 4) is 0 Å². The lowest BCUT2D eigenvalue weighted by Crippen LogP contribution is -2.49. The first kappa shape index (κ1) is 23.9. The summed E-state index contributed by atoms with van der Waals surface area (Å²) in [6, 6.07) is 2.06. The van der Waals surface area contributed by atoms with Crippen LogP contribution in [-0.2, 0) is 6.18 Å². The lowest BCUT2D eigenvalue weighted by molar-refractivity contribution is -0.141. The molecule has 29 heavy (non-hydrogen) atoms. The maximum absolute atomic E-state index is 12.7. The summed E-state index contributed by atoms with van der Waals surface area (Å²) in [5.74, 6) is 0.689. The molecule has 1 saturated heterocycles. The van der Waals surface area contributed by atoms with Crippen molar-refractivity contribution >= 4 is 35.9 Å². The van der Waals surface area contributed by atoms with Gasteiger partial charge >= 0.3 is 6.18 Å².